The summed E-state index contributed by atoms with van der Waals surface area (Å²) < 4.78 is 30.6. The van der Waals surface area contributed by atoms with Crippen LogP contribution in [0.1, 0.15) is 34.8 Å². The molecule has 30 heavy (non-hydrogen) atoms. The van der Waals surface area contributed by atoms with Crippen LogP contribution in [0.4, 0.5) is 0 Å². The van der Waals surface area contributed by atoms with Crippen LogP contribution in [-0.2, 0) is 23.0 Å². The first-order chi connectivity index (χ1) is 14.5. The van der Waals surface area contributed by atoms with E-state index in [4.69, 9.17) is 4.74 Å². The zero-order chi connectivity index (χ0) is 21.4. The van der Waals surface area contributed by atoms with Gasteiger partial charge in [0.05, 0.1) is 16.2 Å². The molecule has 1 amide bonds. The number of hydrogen-bond donors (Lipinski definition) is 1. The van der Waals surface area contributed by atoms with Crippen molar-refractivity contribution in [2.45, 2.75) is 31.4 Å². The smallest absolute Gasteiger partial charge is 0.252 e. The lowest BCUT2D eigenvalue weighted by molar-refractivity contribution is 0.0947. The number of hydrogen-bond acceptors (Lipinski definition) is 4. The lowest BCUT2D eigenvalue weighted by Crippen LogP contribution is -2.25. The zero-order valence-corrected chi connectivity index (χ0v) is 17.7. The summed E-state index contributed by atoms with van der Waals surface area (Å²) in [7, 11) is -3.48. The number of amides is 1. The first kappa shape index (κ1) is 21.6. The highest BCUT2D eigenvalue weighted by Crippen LogP contribution is 2.18. The third-order valence-electron chi connectivity index (χ3n) is 4.56. The molecule has 0 saturated carbocycles. The molecule has 156 valence electrons. The Hall–Kier alpha value is -3.12. The number of rotatable bonds is 9. The summed E-state index contributed by atoms with van der Waals surface area (Å²) in [4.78, 5) is 12.7. The van der Waals surface area contributed by atoms with Crippen molar-refractivity contribution >= 4 is 15.7 Å². The largest absolute Gasteiger partial charge is 0.489 e. The Morgan fingerprint density at radius 2 is 1.50 bits per heavy atom. The Kier molecular flexibility index (Phi) is 7.25. The predicted molar refractivity (Wildman–Crippen MR) is 117 cm³/mol. The van der Waals surface area contributed by atoms with Crippen LogP contribution in [0.2, 0.25) is 0 Å². The van der Waals surface area contributed by atoms with Gasteiger partial charge in [-0.15, -0.1) is 0 Å². The predicted octanol–water partition coefficient (Wildman–Crippen LogP) is 4.38. The molecule has 0 spiro atoms. The lowest BCUT2D eigenvalue weighted by Gasteiger charge is -2.11. The summed E-state index contributed by atoms with van der Waals surface area (Å²) in [5, 5.41) is 2.81. The van der Waals surface area contributed by atoms with Crippen molar-refractivity contribution in [2.24, 2.45) is 0 Å². The van der Waals surface area contributed by atoms with E-state index in [0.29, 0.717) is 19.6 Å². The Balaban J connectivity index is 1.60. The second-order valence-corrected chi connectivity index (χ2v) is 8.99. The number of carbonyl (C=O) groups is 1. The fourth-order valence-electron chi connectivity index (χ4n) is 3.02. The van der Waals surface area contributed by atoms with Crippen molar-refractivity contribution in [1.82, 2.24) is 5.32 Å². The molecule has 0 bridgehead atoms. The van der Waals surface area contributed by atoms with Crippen molar-refractivity contribution in [3.8, 4) is 5.75 Å². The van der Waals surface area contributed by atoms with E-state index in [0.717, 1.165) is 16.9 Å². The molecular weight excluding hydrogens is 398 g/mol. The van der Waals surface area contributed by atoms with Gasteiger partial charge in [-0.05, 0) is 41.8 Å². The molecule has 0 aliphatic heterocycles. The second kappa shape index (κ2) is 10.1. The topological polar surface area (TPSA) is 72.5 Å². The Morgan fingerprint density at radius 1 is 0.867 bits per heavy atom. The number of nitrogens with one attached hydrogen (secondary N) is 1. The molecule has 3 aromatic rings. The van der Waals surface area contributed by atoms with Crippen molar-refractivity contribution in [3.05, 3.63) is 95.6 Å². The standard InChI is InChI=1S/C24H25NO4S/c1-2-16-30(27,28)23-11-7-6-10-22(23)24(26)25-17-19-12-14-20(15-13-19)18-29-21-8-4-3-5-9-21/h3-15H,2,16-18H2,1H3,(H,25,26). The maximum atomic E-state index is 12.6. The van der Waals surface area contributed by atoms with Gasteiger partial charge in [0.1, 0.15) is 12.4 Å². The third-order valence-corrected chi connectivity index (χ3v) is 6.54. The summed E-state index contributed by atoms with van der Waals surface area (Å²) >= 11 is 0. The minimum absolute atomic E-state index is 0.0177. The Morgan fingerprint density at radius 3 is 2.20 bits per heavy atom. The van der Waals surface area contributed by atoms with Crippen LogP contribution in [0.3, 0.4) is 0 Å². The lowest BCUT2D eigenvalue weighted by atomic mass is 10.1. The number of ether oxygens (including phenoxy) is 1. The summed E-state index contributed by atoms with van der Waals surface area (Å²) in [6, 6.07) is 23.7. The molecule has 0 radical (unpaired) electrons. The summed E-state index contributed by atoms with van der Waals surface area (Å²) in [5.41, 5.74) is 2.12. The van der Waals surface area contributed by atoms with Crippen LogP contribution < -0.4 is 10.1 Å². The van der Waals surface area contributed by atoms with Gasteiger partial charge in [-0.1, -0.05) is 61.5 Å². The summed E-state index contributed by atoms with van der Waals surface area (Å²) in [6.45, 7) is 2.56. The van der Waals surface area contributed by atoms with Gasteiger partial charge < -0.3 is 10.1 Å². The first-order valence-corrected chi connectivity index (χ1v) is 11.5. The van der Waals surface area contributed by atoms with Crippen LogP contribution in [0.25, 0.3) is 0 Å². The van der Waals surface area contributed by atoms with E-state index in [1.165, 1.54) is 6.07 Å². The van der Waals surface area contributed by atoms with Gasteiger partial charge in [-0.25, -0.2) is 8.42 Å². The maximum Gasteiger partial charge on any atom is 0.252 e. The normalized spacial score (nSPS) is 11.1. The van der Waals surface area contributed by atoms with E-state index in [2.05, 4.69) is 5.32 Å². The van der Waals surface area contributed by atoms with E-state index in [9.17, 15) is 13.2 Å². The molecule has 0 atom stereocenters. The molecule has 0 fully saturated rings. The highest BCUT2D eigenvalue weighted by molar-refractivity contribution is 7.91. The van der Waals surface area contributed by atoms with Gasteiger partial charge in [0, 0.05) is 6.54 Å². The van der Waals surface area contributed by atoms with Gasteiger partial charge in [0.25, 0.3) is 5.91 Å². The molecular formula is C24H25NO4S. The van der Waals surface area contributed by atoms with E-state index in [-0.39, 0.29) is 16.2 Å². The minimum Gasteiger partial charge on any atom is -0.489 e. The third kappa shape index (κ3) is 5.70. The fraction of sp³-hybridized carbons (Fsp3) is 0.208. The number of carbonyl (C=O) groups excluding carboxylic acids is 1. The van der Waals surface area contributed by atoms with Crippen LogP contribution in [0, 0.1) is 0 Å². The van der Waals surface area contributed by atoms with Crippen LogP contribution in [0.15, 0.2) is 83.8 Å². The summed E-state index contributed by atoms with van der Waals surface area (Å²) in [5.74, 6) is 0.427. The quantitative estimate of drug-likeness (QED) is 0.554. The van der Waals surface area contributed by atoms with Crippen molar-refractivity contribution in [2.75, 3.05) is 5.75 Å². The van der Waals surface area contributed by atoms with Gasteiger partial charge in [-0.2, -0.15) is 0 Å². The molecule has 6 heteroatoms. The van der Waals surface area contributed by atoms with Crippen molar-refractivity contribution in [3.63, 3.8) is 0 Å². The highest BCUT2D eigenvalue weighted by atomic mass is 32.2. The molecule has 1 N–H and O–H groups in total. The average molecular weight is 424 g/mol. The van der Waals surface area contributed by atoms with E-state index in [1.54, 1.807) is 25.1 Å². The highest BCUT2D eigenvalue weighted by Gasteiger charge is 2.21. The number of sulfone groups is 1. The van der Waals surface area contributed by atoms with Crippen LogP contribution in [0.5, 0.6) is 5.75 Å². The molecule has 0 aliphatic rings. The number of para-hydroxylation sites is 1. The van der Waals surface area contributed by atoms with E-state index < -0.39 is 15.7 Å². The van der Waals surface area contributed by atoms with Gasteiger partial charge in [0.15, 0.2) is 9.84 Å². The molecule has 3 rings (SSSR count). The molecule has 5 nitrogen and oxygen atoms in total. The van der Waals surface area contributed by atoms with Crippen molar-refractivity contribution < 1.29 is 17.9 Å². The SMILES string of the molecule is CCCS(=O)(=O)c1ccccc1C(=O)NCc1ccc(COc2ccccc2)cc1. The molecule has 0 heterocycles. The molecule has 0 aliphatic carbocycles. The van der Waals surface area contributed by atoms with Gasteiger partial charge in [0.2, 0.25) is 0 Å². The zero-order valence-electron chi connectivity index (χ0n) is 16.9. The minimum atomic E-state index is -3.48. The van der Waals surface area contributed by atoms with Crippen LogP contribution >= 0.6 is 0 Å². The fourth-order valence-corrected chi connectivity index (χ4v) is 4.56. The molecule has 0 unspecified atom stereocenters. The summed E-state index contributed by atoms with van der Waals surface area (Å²) in [6.07, 6.45) is 0.499. The van der Waals surface area contributed by atoms with Gasteiger partial charge in [-0.3, -0.25) is 4.79 Å². The molecule has 0 saturated heterocycles. The van der Waals surface area contributed by atoms with Gasteiger partial charge >= 0.3 is 0 Å². The Labute approximate surface area is 177 Å². The molecule has 3 aromatic carbocycles. The number of benzene rings is 3. The second-order valence-electron chi connectivity index (χ2n) is 6.92. The maximum absolute atomic E-state index is 12.6. The van der Waals surface area contributed by atoms with Crippen LogP contribution in [-0.4, -0.2) is 20.1 Å². The van der Waals surface area contributed by atoms with E-state index in [1.807, 2.05) is 54.6 Å². The molecule has 0 aromatic heterocycles. The first-order valence-electron chi connectivity index (χ1n) is 9.85. The monoisotopic (exact) mass is 423 g/mol. The van der Waals surface area contributed by atoms with E-state index >= 15 is 0 Å². The Bertz CT molecular complexity index is 1080. The van der Waals surface area contributed by atoms with Crippen molar-refractivity contribution in [1.29, 1.82) is 0 Å². The average Bonchev–Trinajstić information content (AvgIpc) is 2.77.